The maximum Gasteiger partial charge on any atom is 0.243 e. The van der Waals surface area contributed by atoms with Gasteiger partial charge in [-0.3, -0.25) is 9.59 Å². The Morgan fingerprint density at radius 2 is 1.84 bits per heavy atom. The standard InChI is InChI=1S/C19H28N4O2/c1-15(24)23-9-5-8-18(23)19(25)20-14-16-6-3-4-7-17(16)22-12-10-21(2)11-13-22/h3-4,6-7,18H,5,8-14H2,1-2H3,(H,20,25)/t18-/m0/s1. The van der Waals surface area contributed by atoms with Gasteiger partial charge in [-0.2, -0.15) is 0 Å². The molecule has 1 atom stereocenters. The Morgan fingerprint density at radius 3 is 2.56 bits per heavy atom. The molecule has 6 nitrogen and oxygen atoms in total. The van der Waals surface area contributed by atoms with Crippen molar-refractivity contribution in [1.29, 1.82) is 0 Å². The number of piperazine rings is 1. The summed E-state index contributed by atoms with van der Waals surface area (Å²) in [6.45, 7) is 6.83. The SMILES string of the molecule is CC(=O)N1CCC[C@H]1C(=O)NCc1ccccc1N1CCN(C)CC1. The van der Waals surface area contributed by atoms with Gasteiger partial charge in [-0.15, -0.1) is 0 Å². The number of amides is 2. The molecule has 2 aliphatic rings. The van der Waals surface area contributed by atoms with Gasteiger partial charge in [-0.1, -0.05) is 18.2 Å². The normalized spacial score (nSPS) is 21.4. The lowest BCUT2D eigenvalue weighted by Gasteiger charge is -2.35. The highest BCUT2D eigenvalue weighted by molar-refractivity contribution is 5.87. The molecule has 0 unspecified atom stereocenters. The number of carbonyl (C=O) groups excluding carboxylic acids is 2. The van der Waals surface area contributed by atoms with Crippen LogP contribution in [0.5, 0.6) is 0 Å². The Kier molecular flexibility index (Phi) is 5.58. The molecule has 6 heteroatoms. The van der Waals surface area contributed by atoms with Gasteiger partial charge in [-0.25, -0.2) is 0 Å². The number of likely N-dealkylation sites (N-methyl/N-ethyl adjacent to an activating group) is 1. The van der Waals surface area contributed by atoms with E-state index < -0.39 is 0 Å². The lowest BCUT2D eigenvalue weighted by Crippen LogP contribution is -2.46. The van der Waals surface area contributed by atoms with E-state index in [1.165, 1.54) is 12.6 Å². The summed E-state index contributed by atoms with van der Waals surface area (Å²) >= 11 is 0. The average molecular weight is 344 g/mol. The van der Waals surface area contributed by atoms with Gasteiger partial charge in [0, 0.05) is 51.9 Å². The number of hydrogen-bond donors (Lipinski definition) is 1. The molecule has 2 heterocycles. The molecule has 0 radical (unpaired) electrons. The Hall–Kier alpha value is -2.08. The molecule has 1 N–H and O–H groups in total. The average Bonchev–Trinajstić information content (AvgIpc) is 3.11. The first-order valence-electron chi connectivity index (χ1n) is 9.12. The summed E-state index contributed by atoms with van der Waals surface area (Å²) in [5.74, 6) is -0.0589. The van der Waals surface area contributed by atoms with E-state index in [1.54, 1.807) is 4.90 Å². The maximum atomic E-state index is 12.5. The lowest BCUT2D eigenvalue weighted by molar-refractivity contribution is -0.136. The molecule has 0 aromatic heterocycles. The van der Waals surface area contributed by atoms with Crippen LogP contribution in [0, 0.1) is 0 Å². The number of nitrogens with one attached hydrogen (secondary N) is 1. The topological polar surface area (TPSA) is 55.9 Å². The van der Waals surface area contributed by atoms with E-state index in [9.17, 15) is 9.59 Å². The zero-order valence-corrected chi connectivity index (χ0v) is 15.2. The predicted octanol–water partition coefficient (Wildman–Crippen LogP) is 1.07. The van der Waals surface area contributed by atoms with Crippen LogP contribution in [0.4, 0.5) is 5.69 Å². The highest BCUT2D eigenvalue weighted by atomic mass is 16.2. The van der Waals surface area contributed by atoms with Crippen molar-refractivity contribution in [1.82, 2.24) is 15.1 Å². The van der Waals surface area contributed by atoms with Crippen LogP contribution in [0.15, 0.2) is 24.3 Å². The van der Waals surface area contributed by atoms with Crippen LogP contribution >= 0.6 is 0 Å². The summed E-state index contributed by atoms with van der Waals surface area (Å²) < 4.78 is 0. The largest absolute Gasteiger partial charge is 0.369 e. The van der Waals surface area contributed by atoms with E-state index in [0.717, 1.165) is 44.6 Å². The molecular weight excluding hydrogens is 316 g/mol. The van der Waals surface area contributed by atoms with Gasteiger partial charge >= 0.3 is 0 Å². The second kappa shape index (κ2) is 7.87. The quantitative estimate of drug-likeness (QED) is 0.888. The third kappa shape index (κ3) is 4.12. The van der Waals surface area contributed by atoms with Crippen molar-refractivity contribution in [3.63, 3.8) is 0 Å². The first-order chi connectivity index (χ1) is 12.1. The fourth-order valence-corrected chi connectivity index (χ4v) is 3.73. The zero-order chi connectivity index (χ0) is 17.8. The first-order valence-corrected chi connectivity index (χ1v) is 9.12. The Morgan fingerprint density at radius 1 is 1.12 bits per heavy atom. The van der Waals surface area contributed by atoms with Crippen molar-refractivity contribution < 1.29 is 9.59 Å². The lowest BCUT2D eigenvalue weighted by atomic mass is 10.1. The van der Waals surface area contributed by atoms with Gasteiger partial charge in [0.15, 0.2) is 0 Å². The van der Waals surface area contributed by atoms with Gasteiger partial charge in [0.2, 0.25) is 11.8 Å². The Balaban J connectivity index is 1.63. The van der Waals surface area contributed by atoms with Crippen molar-refractivity contribution in [2.75, 3.05) is 44.7 Å². The van der Waals surface area contributed by atoms with Crippen LogP contribution < -0.4 is 10.2 Å². The second-order valence-corrected chi connectivity index (χ2v) is 7.01. The zero-order valence-electron chi connectivity index (χ0n) is 15.2. The predicted molar refractivity (Wildman–Crippen MR) is 98.4 cm³/mol. The number of hydrogen-bond acceptors (Lipinski definition) is 4. The monoisotopic (exact) mass is 344 g/mol. The number of para-hydroxylation sites is 1. The molecule has 25 heavy (non-hydrogen) atoms. The summed E-state index contributed by atoms with van der Waals surface area (Å²) in [4.78, 5) is 30.6. The minimum absolute atomic E-state index is 0.0181. The van der Waals surface area contributed by atoms with Gasteiger partial charge in [0.1, 0.15) is 6.04 Å². The molecule has 136 valence electrons. The summed E-state index contributed by atoms with van der Waals surface area (Å²) in [5, 5.41) is 3.04. The van der Waals surface area contributed by atoms with Crippen molar-refractivity contribution in [3.05, 3.63) is 29.8 Å². The van der Waals surface area contributed by atoms with Gasteiger partial charge in [-0.05, 0) is 31.5 Å². The third-order valence-electron chi connectivity index (χ3n) is 5.25. The van der Waals surface area contributed by atoms with E-state index in [1.807, 2.05) is 12.1 Å². The number of carbonyl (C=O) groups is 2. The summed E-state index contributed by atoms with van der Waals surface area (Å²) in [6.07, 6.45) is 1.65. The maximum absolute atomic E-state index is 12.5. The van der Waals surface area contributed by atoms with Crippen LogP contribution in [0.3, 0.4) is 0 Å². The third-order valence-corrected chi connectivity index (χ3v) is 5.25. The molecule has 2 aliphatic heterocycles. The molecule has 0 bridgehead atoms. The molecule has 2 fully saturated rings. The number of rotatable bonds is 4. The van der Waals surface area contributed by atoms with E-state index in [0.29, 0.717) is 13.1 Å². The van der Waals surface area contributed by atoms with Crippen LogP contribution in [-0.2, 0) is 16.1 Å². The van der Waals surface area contributed by atoms with Crippen molar-refractivity contribution >= 4 is 17.5 Å². The molecule has 0 spiro atoms. The molecule has 0 aliphatic carbocycles. The highest BCUT2D eigenvalue weighted by Crippen LogP contribution is 2.22. The Labute approximate surface area is 149 Å². The van der Waals surface area contributed by atoms with E-state index >= 15 is 0 Å². The summed E-state index contributed by atoms with van der Waals surface area (Å²) in [6, 6.07) is 7.95. The van der Waals surface area contributed by atoms with Crippen molar-refractivity contribution in [2.24, 2.45) is 0 Å². The van der Waals surface area contributed by atoms with Gasteiger partial charge in [0.05, 0.1) is 0 Å². The van der Waals surface area contributed by atoms with E-state index in [2.05, 4.69) is 34.3 Å². The van der Waals surface area contributed by atoms with E-state index in [4.69, 9.17) is 0 Å². The molecule has 0 saturated carbocycles. The molecule has 3 rings (SSSR count). The van der Waals surface area contributed by atoms with Gasteiger partial charge < -0.3 is 20.0 Å². The summed E-state index contributed by atoms with van der Waals surface area (Å²) in [5.41, 5.74) is 2.33. The number of anilines is 1. The molecular formula is C19H28N4O2. The van der Waals surface area contributed by atoms with Crippen molar-refractivity contribution in [2.45, 2.75) is 32.4 Å². The molecule has 2 saturated heterocycles. The van der Waals surface area contributed by atoms with Gasteiger partial charge in [0.25, 0.3) is 0 Å². The van der Waals surface area contributed by atoms with Crippen LogP contribution in [0.25, 0.3) is 0 Å². The highest BCUT2D eigenvalue weighted by Gasteiger charge is 2.32. The second-order valence-electron chi connectivity index (χ2n) is 7.01. The van der Waals surface area contributed by atoms with Crippen LogP contribution in [-0.4, -0.2) is 67.4 Å². The molecule has 1 aromatic carbocycles. The number of benzene rings is 1. The minimum atomic E-state index is -0.312. The Bertz CT molecular complexity index is 626. The van der Waals surface area contributed by atoms with Crippen molar-refractivity contribution in [3.8, 4) is 0 Å². The number of likely N-dealkylation sites (tertiary alicyclic amines) is 1. The first kappa shape index (κ1) is 17.7. The fourth-order valence-electron chi connectivity index (χ4n) is 3.73. The fraction of sp³-hybridized carbons (Fsp3) is 0.579. The van der Waals surface area contributed by atoms with E-state index in [-0.39, 0.29) is 17.9 Å². The smallest absolute Gasteiger partial charge is 0.243 e. The van der Waals surface area contributed by atoms with Crippen LogP contribution in [0.2, 0.25) is 0 Å². The molecule has 2 amide bonds. The molecule has 1 aromatic rings. The number of nitrogens with zero attached hydrogens (tertiary/aromatic N) is 3. The summed E-state index contributed by atoms with van der Waals surface area (Å²) in [7, 11) is 2.14. The minimum Gasteiger partial charge on any atom is -0.369 e. The van der Waals surface area contributed by atoms with Crippen LogP contribution in [0.1, 0.15) is 25.3 Å².